The monoisotopic (exact) mass is 229 g/mol. The van der Waals surface area contributed by atoms with Gasteiger partial charge in [0.1, 0.15) is 0 Å². The van der Waals surface area contributed by atoms with Crippen LogP contribution in [0.3, 0.4) is 0 Å². The molecule has 0 aliphatic carbocycles. The number of nitrogens with zero attached hydrogens (tertiary/aromatic N) is 1. The third-order valence-electron chi connectivity index (χ3n) is 2.19. The van der Waals surface area contributed by atoms with Crippen LogP contribution in [0, 0.1) is 0 Å². The molecule has 1 aromatic carbocycles. The molecule has 0 bridgehead atoms. The normalized spacial score (nSPS) is 10.2. The van der Waals surface area contributed by atoms with Gasteiger partial charge in [0.25, 0.3) is 5.91 Å². The van der Waals surface area contributed by atoms with Gasteiger partial charge in [0.2, 0.25) is 5.78 Å². The van der Waals surface area contributed by atoms with Crippen LogP contribution >= 0.6 is 0 Å². The molecule has 0 aliphatic heterocycles. The quantitative estimate of drug-likeness (QED) is 0.439. The van der Waals surface area contributed by atoms with E-state index in [0.717, 1.165) is 5.56 Å². The summed E-state index contributed by atoms with van der Waals surface area (Å²) in [6, 6.07) is 9.36. The maximum absolute atomic E-state index is 11.5. The highest BCUT2D eigenvalue weighted by atomic mass is 16.2. The second kappa shape index (κ2) is 6.43. The summed E-state index contributed by atoms with van der Waals surface area (Å²) in [5.74, 6) is -1.06. The van der Waals surface area contributed by atoms with Gasteiger partial charge >= 0.3 is 0 Å². The van der Waals surface area contributed by atoms with E-state index >= 15 is 0 Å². The summed E-state index contributed by atoms with van der Waals surface area (Å²) in [5.41, 5.74) is 0.889. The fourth-order valence-electron chi connectivity index (χ4n) is 1.27. The molecule has 17 heavy (non-hydrogen) atoms. The zero-order valence-corrected chi connectivity index (χ0v) is 9.80. The molecule has 1 amide bonds. The molecule has 0 heterocycles. The van der Waals surface area contributed by atoms with E-state index < -0.39 is 11.7 Å². The second-order valence-electron chi connectivity index (χ2n) is 3.58. The fourth-order valence-corrected chi connectivity index (χ4v) is 1.27. The molecule has 88 valence electrons. The zero-order chi connectivity index (χ0) is 12.7. The van der Waals surface area contributed by atoms with Crippen molar-refractivity contribution in [2.24, 2.45) is 0 Å². The molecule has 3 heteroatoms. The van der Waals surface area contributed by atoms with Crippen LogP contribution < -0.4 is 0 Å². The van der Waals surface area contributed by atoms with Crippen LogP contribution in [0.5, 0.6) is 0 Å². The van der Waals surface area contributed by atoms with Crippen molar-refractivity contribution in [2.45, 2.75) is 0 Å². The molecular formula is C14H15NO2. The Labute approximate surface area is 101 Å². The third-order valence-corrected chi connectivity index (χ3v) is 2.19. The van der Waals surface area contributed by atoms with E-state index in [-0.39, 0.29) is 0 Å². The van der Waals surface area contributed by atoms with Crippen molar-refractivity contribution in [1.29, 1.82) is 0 Å². The van der Waals surface area contributed by atoms with E-state index in [0.29, 0.717) is 6.54 Å². The lowest BCUT2D eigenvalue weighted by Gasteiger charge is -2.11. The smallest absolute Gasteiger partial charge is 0.294 e. The van der Waals surface area contributed by atoms with E-state index in [4.69, 9.17) is 0 Å². The maximum atomic E-state index is 11.5. The van der Waals surface area contributed by atoms with Crippen LogP contribution in [0.1, 0.15) is 5.56 Å². The molecule has 0 unspecified atom stereocenters. The second-order valence-corrected chi connectivity index (χ2v) is 3.58. The van der Waals surface area contributed by atoms with Gasteiger partial charge in [-0.15, -0.1) is 6.58 Å². The van der Waals surface area contributed by atoms with Gasteiger partial charge in [0.15, 0.2) is 0 Å². The molecule has 3 nitrogen and oxygen atoms in total. The summed E-state index contributed by atoms with van der Waals surface area (Å²) in [7, 11) is 1.57. The molecule has 0 aliphatic rings. The van der Waals surface area contributed by atoms with Crippen molar-refractivity contribution in [3.05, 3.63) is 54.6 Å². The Kier molecular flexibility index (Phi) is 4.88. The fraction of sp³-hybridized carbons (Fsp3) is 0.143. The van der Waals surface area contributed by atoms with Crippen molar-refractivity contribution >= 4 is 17.8 Å². The Balaban J connectivity index is 2.63. The molecule has 1 rings (SSSR count). The summed E-state index contributed by atoms with van der Waals surface area (Å²) in [6.45, 7) is 3.88. The van der Waals surface area contributed by atoms with Crippen molar-refractivity contribution in [3.8, 4) is 0 Å². The van der Waals surface area contributed by atoms with Crippen molar-refractivity contribution in [3.63, 3.8) is 0 Å². The Bertz CT molecular complexity index is 435. The minimum Gasteiger partial charge on any atom is -0.335 e. The Morgan fingerprint density at radius 1 is 1.29 bits per heavy atom. The van der Waals surface area contributed by atoms with Gasteiger partial charge in [-0.05, 0) is 11.6 Å². The summed E-state index contributed by atoms with van der Waals surface area (Å²) in [6.07, 6.45) is 4.49. The Morgan fingerprint density at radius 2 is 1.94 bits per heavy atom. The van der Waals surface area contributed by atoms with Crippen molar-refractivity contribution in [2.75, 3.05) is 13.6 Å². The number of hydrogen-bond donors (Lipinski definition) is 0. The third kappa shape index (κ3) is 4.07. The van der Waals surface area contributed by atoms with Gasteiger partial charge in [-0.1, -0.05) is 42.5 Å². The Hall–Kier alpha value is -2.16. The van der Waals surface area contributed by atoms with E-state index in [9.17, 15) is 9.59 Å². The van der Waals surface area contributed by atoms with Gasteiger partial charge in [0, 0.05) is 13.6 Å². The van der Waals surface area contributed by atoms with Crippen LogP contribution in [0.2, 0.25) is 0 Å². The van der Waals surface area contributed by atoms with Crippen LogP contribution in [0.25, 0.3) is 6.08 Å². The van der Waals surface area contributed by atoms with Gasteiger partial charge < -0.3 is 4.90 Å². The molecular weight excluding hydrogens is 214 g/mol. The molecule has 0 fully saturated rings. The number of ketones is 1. The van der Waals surface area contributed by atoms with Crippen LogP contribution in [0.15, 0.2) is 49.1 Å². The zero-order valence-electron chi connectivity index (χ0n) is 9.80. The van der Waals surface area contributed by atoms with Gasteiger partial charge in [-0.25, -0.2) is 0 Å². The van der Waals surface area contributed by atoms with Crippen LogP contribution in [0.4, 0.5) is 0 Å². The lowest BCUT2D eigenvalue weighted by molar-refractivity contribution is -0.140. The van der Waals surface area contributed by atoms with E-state index in [1.54, 1.807) is 19.2 Å². The number of carbonyl (C=O) groups excluding carboxylic acids is 2. The first-order valence-electron chi connectivity index (χ1n) is 5.28. The first kappa shape index (κ1) is 12.9. The summed E-state index contributed by atoms with van der Waals surface area (Å²) in [5, 5.41) is 0. The van der Waals surface area contributed by atoms with Crippen molar-refractivity contribution < 1.29 is 9.59 Å². The first-order chi connectivity index (χ1) is 8.15. The number of likely N-dealkylation sites (N-methyl/N-ethyl adjacent to an activating group) is 1. The molecule has 0 saturated heterocycles. The number of amides is 1. The highest BCUT2D eigenvalue weighted by molar-refractivity contribution is 6.41. The molecule has 0 spiro atoms. The topological polar surface area (TPSA) is 37.4 Å². The summed E-state index contributed by atoms with van der Waals surface area (Å²) < 4.78 is 0. The largest absolute Gasteiger partial charge is 0.335 e. The van der Waals surface area contributed by atoms with Gasteiger partial charge in [-0.3, -0.25) is 9.59 Å². The average Bonchev–Trinajstić information content (AvgIpc) is 2.36. The summed E-state index contributed by atoms with van der Waals surface area (Å²) >= 11 is 0. The highest BCUT2D eigenvalue weighted by Crippen LogP contribution is 2.01. The SMILES string of the molecule is C=CCN(C)C(=O)C(=O)/C=C/c1ccccc1. The van der Waals surface area contributed by atoms with E-state index in [2.05, 4.69) is 6.58 Å². The average molecular weight is 229 g/mol. The molecule has 0 saturated carbocycles. The number of rotatable bonds is 5. The van der Waals surface area contributed by atoms with Gasteiger partial charge in [-0.2, -0.15) is 0 Å². The standard InChI is InChI=1S/C14H15NO2/c1-3-11-15(2)14(17)13(16)10-9-12-7-5-4-6-8-12/h3-10H,1,11H2,2H3/b10-9+. The molecule has 1 aromatic rings. The molecule has 0 N–H and O–H groups in total. The lowest BCUT2D eigenvalue weighted by Crippen LogP contribution is -2.32. The number of benzene rings is 1. The van der Waals surface area contributed by atoms with Crippen LogP contribution in [-0.4, -0.2) is 30.2 Å². The highest BCUT2D eigenvalue weighted by Gasteiger charge is 2.14. The summed E-state index contributed by atoms with van der Waals surface area (Å²) in [4.78, 5) is 24.4. The predicted octanol–water partition coefficient (Wildman–Crippen LogP) is 1.91. The number of carbonyl (C=O) groups is 2. The van der Waals surface area contributed by atoms with Crippen molar-refractivity contribution in [1.82, 2.24) is 4.90 Å². The van der Waals surface area contributed by atoms with E-state index in [1.807, 2.05) is 30.3 Å². The molecule has 0 aromatic heterocycles. The number of hydrogen-bond acceptors (Lipinski definition) is 2. The van der Waals surface area contributed by atoms with E-state index in [1.165, 1.54) is 11.0 Å². The predicted molar refractivity (Wildman–Crippen MR) is 68.3 cm³/mol. The minimum atomic E-state index is -0.530. The Morgan fingerprint density at radius 3 is 2.53 bits per heavy atom. The molecule has 0 atom stereocenters. The molecule has 0 radical (unpaired) electrons. The minimum absolute atomic E-state index is 0.365. The van der Waals surface area contributed by atoms with Gasteiger partial charge in [0.05, 0.1) is 0 Å². The maximum Gasteiger partial charge on any atom is 0.294 e. The van der Waals surface area contributed by atoms with Crippen LogP contribution in [-0.2, 0) is 9.59 Å². The first-order valence-corrected chi connectivity index (χ1v) is 5.28. The lowest BCUT2D eigenvalue weighted by atomic mass is 10.2.